The number of hydrogen-bond acceptors (Lipinski definition) is 6. The monoisotopic (exact) mass is 476 g/mol. The first-order valence-electron chi connectivity index (χ1n) is 9.11. The van der Waals surface area contributed by atoms with E-state index < -0.39 is 26.8 Å². The van der Waals surface area contributed by atoms with E-state index in [-0.39, 0.29) is 21.4 Å². The number of likely N-dealkylation sites (tertiary alicyclic amines) is 1. The Morgan fingerprint density at radius 2 is 1.97 bits per heavy atom. The molecule has 1 aliphatic heterocycles. The Morgan fingerprint density at radius 1 is 1.30 bits per heavy atom. The average Bonchev–Trinajstić information content (AvgIpc) is 3.05. The van der Waals surface area contributed by atoms with Crippen molar-refractivity contribution in [2.24, 2.45) is 7.05 Å². The minimum Gasteiger partial charge on any atom is -0.608 e. The molecule has 1 fully saturated rings. The lowest BCUT2D eigenvalue weighted by molar-refractivity contribution is -0.604. The first-order chi connectivity index (χ1) is 14.1. The number of benzene rings is 1. The van der Waals surface area contributed by atoms with Gasteiger partial charge in [-0.1, -0.05) is 23.2 Å². The van der Waals surface area contributed by atoms with Crippen LogP contribution in [0.1, 0.15) is 12.8 Å². The van der Waals surface area contributed by atoms with E-state index in [0.29, 0.717) is 13.0 Å². The van der Waals surface area contributed by atoms with Gasteiger partial charge in [-0.2, -0.15) is 18.0 Å². The predicted octanol–water partition coefficient (Wildman–Crippen LogP) is 1.49. The number of rotatable bonds is 5. The van der Waals surface area contributed by atoms with Crippen LogP contribution in [0.2, 0.25) is 10.0 Å². The highest BCUT2D eigenvalue weighted by atomic mass is 35.5. The average molecular weight is 477 g/mol. The second-order valence-electron chi connectivity index (χ2n) is 7.13. The second kappa shape index (κ2) is 9.08. The number of hydrogen-bond donors (Lipinski definition) is 2. The summed E-state index contributed by atoms with van der Waals surface area (Å²) in [5.74, 6) is 0. The molecule has 2 amide bonds. The Labute approximate surface area is 184 Å². The number of quaternary nitrogens is 1. The van der Waals surface area contributed by atoms with Gasteiger partial charge in [0.1, 0.15) is 0 Å². The molecule has 0 bridgehead atoms. The maximum Gasteiger partial charge on any atom is 0.436 e. The van der Waals surface area contributed by atoms with Crippen LogP contribution in [0.5, 0.6) is 0 Å². The number of nitrogens with zero attached hydrogens (tertiary/aromatic N) is 4. The first-order valence-corrected chi connectivity index (χ1v) is 11.3. The largest absolute Gasteiger partial charge is 0.608 e. The number of aromatic nitrogens is 2. The van der Waals surface area contributed by atoms with Crippen molar-refractivity contribution in [3.8, 4) is 0 Å². The van der Waals surface area contributed by atoms with Crippen LogP contribution in [0.25, 0.3) is 0 Å². The van der Waals surface area contributed by atoms with Crippen LogP contribution < -0.4 is 14.1 Å². The number of likely N-dealkylation sites (N-methyl/N-ethyl adjacent to an activating group) is 1. The van der Waals surface area contributed by atoms with Crippen molar-refractivity contribution in [3.05, 3.63) is 45.8 Å². The summed E-state index contributed by atoms with van der Waals surface area (Å²) >= 11 is 11.8. The van der Waals surface area contributed by atoms with E-state index in [4.69, 9.17) is 23.2 Å². The number of amides is 2. The molecule has 10 nitrogen and oxygen atoms in total. The molecule has 30 heavy (non-hydrogen) atoms. The molecule has 3 rings (SSSR count). The Bertz CT molecular complexity index is 1010. The number of aryl methyl sites for hydroxylation is 1. The number of hydroxylamine groups is 1. The summed E-state index contributed by atoms with van der Waals surface area (Å²) in [4.78, 5) is 14.5. The molecule has 2 unspecified atom stereocenters. The molecule has 164 valence electrons. The van der Waals surface area contributed by atoms with Crippen LogP contribution in [0.4, 0.5) is 16.2 Å². The highest BCUT2D eigenvalue weighted by Crippen LogP contribution is 2.25. The van der Waals surface area contributed by atoms with Gasteiger partial charge in [-0.25, -0.2) is 9.10 Å². The Kier molecular flexibility index (Phi) is 6.90. The minimum atomic E-state index is -4.67. The van der Waals surface area contributed by atoms with Crippen molar-refractivity contribution >= 4 is 50.8 Å². The Hall–Kier alpha value is -1.89. The van der Waals surface area contributed by atoms with E-state index in [1.165, 1.54) is 35.3 Å². The lowest BCUT2D eigenvalue weighted by Gasteiger charge is -2.38. The lowest BCUT2D eigenvalue weighted by atomic mass is 10.1. The Morgan fingerprint density at radius 3 is 2.53 bits per heavy atom. The van der Waals surface area contributed by atoms with Crippen LogP contribution in [-0.4, -0.2) is 55.3 Å². The molecule has 0 radical (unpaired) electrons. The van der Waals surface area contributed by atoms with Gasteiger partial charge in [0.25, 0.3) is 0 Å². The lowest BCUT2D eigenvalue weighted by Crippen LogP contribution is -3.14. The van der Waals surface area contributed by atoms with Crippen LogP contribution >= 0.6 is 23.2 Å². The fraction of sp³-hybridized carbons (Fsp3) is 0.412. The normalized spacial score (nSPS) is 18.8. The summed E-state index contributed by atoms with van der Waals surface area (Å²) in [6.07, 6.45) is 4.16. The Balaban J connectivity index is 1.90. The minimum absolute atomic E-state index is 0.117. The van der Waals surface area contributed by atoms with Crippen molar-refractivity contribution in [2.75, 3.05) is 29.8 Å². The molecule has 2 aromatic rings. The molecule has 1 aromatic heterocycles. The molecule has 0 spiro atoms. The number of halogens is 2. The topological polar surface area (TPSA) is 115 Å². The summed E-state index contributed by atoms with van der Waals surface area (Å²) in [5.41, 5.74) is 0.344. The van der Waals surface area contributed by atoms with E-state index in [9.17, 15) is 18.4 Å². The first kappa shape index (κ1) is 22.8. The third kappa shape index (κ3) is 5.05. The van der Waals surface area contributed by atoms with E-state index in [1.54, 1.807) is 7.05 Å². The molecule has 2 atom stereocenters. The van der Waals surface area contributed by atoms with E-state index in [2.05, 4.69) is 10.4 Å². The van der Waals surface area contributed by atoms with Gasteiger partial charge in [0.15, 0.2) is 0 Å². The van der Waals surface area contributed by atoms with Gasteiger partial charge in [-0.3, -0.25) is 10.00 Å². The molecule has 2 N–H and O–H groups in total. The fourth-order valence-corrected chi connectivity index (χ4v) is 5.34. The van der Waals surface area contributed by atoms with Crippen LogP contribution in [0.3, 0.4) is 0 Å². The van der Waals surface area contributed by atoms with E-state index in [0.717, 1.165) is 17.3 Å². The van der Waals surface area contributed by atoms with Crippen molar-refractivity contribution in [3.63, 3.8) is 0 Å². The molecule has 2 heterocycles. The molecule has 1 aliphatic rings. The summed E-state index contributed by atoms with van der Waals surface area (Å²) < 4.78 is 27.3. The van der Waals surface area contributed by atoms with Crippen molar-refractivity contribution < 1.29 is 17.7 Å². The summed E-state index contributed by atoms with van der Waals surface area (Å²) in [5, 5.41) is 19.5. The second-order valence-corrected chi connectivity index (χ2v) is 9.72. The van der Waals surface area contributed by atoms with Gasteiger partial charge in [-0.05, 0) is 44.6 Å². The van der Waals surface area contributed by atoms with Crippen molar-refractivity contribution in [1.82, 2.24) is 14.7 Å². The number of carbonyl (C=O) groups excluding carboxylic acids is 1. The highest BCUT2D eigenvalue weighted by molar-refractivity contribution is 7.86. The quantitative estimate of drug-likeness (QED) is 0.631. The number of carbonyl (C=O) groups is 1. The predicted molar refractivity (Wildman–Crippen MR) is 115 cm³/mol. The van der Waals surface area contributed by atoms with Gasteiger partial charge in [0, 0.05) is 35.5 Å². The smallest absolute Gasteiger partial charge is 0.436 e. The standard InChI is InChI=1S/C17H22Cl2N6O4S/c1-22-5-3-4-15(10-22)24(16-9-20-23(2)11-16)30(28,29)25(27)17(26)21-14-7-12(18)6-13(19)8-14/h6-9,11,15,25H,3-5,10H2,1-2H3,(H,21,26). The van der Waals surface area contributed by atoms with E-state index in [1.807, 2.05) is 11.9 Å². The van der Waals surface area contributed by atoms with Crippen LogP contribution in [0, 0.1) is 5.21 Å². The molecule has 1 aromatic carbocycles. The van der Waals surface area contributed by atoms with Crippen molar-refractivity contribution in [2.45, 2.75) is 18.9 Å². The van der Waals surface area contributed by atoms with Crippen LogP contribution in [0.15, 0.2) is 30.6 Å². The molecular weight excluding hydrogens is 455 g/mol. The maximum atomic E-state index is 13.2. The van der Waals surface area contributed by atoms with E-state index >= 15 is 0 Å². The zero-order chi connectivity index (χ0) is 22.1. The number of anilines is 2. The van der Waals surface area contributed by atoms with Gasteiger partial charge in [-0.15, -0.1) is 0 Å². The molecular formula is C17H22Cl2N6O4S. The van der Waals surface area contributed by atoms with Gasteiger partial charge in [0.05, 0.1) is 17.9 Å². The fourth-order valence-electron chi connectivity index (χ4n) is 3.41. The zero-order valence-corrected chi connectivity index (χ0v) is 18.7. The van der Waals surface area contributed by atoms with Crippen LogP contribution in [-0.2, 0) is 17.3 Å². The highest BCUT2D eigenvalue weighted by Gasteiger charge is 2.40. The number of piperidine rings is 1. The summed E-state index contributed by atoms with van der Waals surface area (Å²) in [7, 11) is -1.16. The molecule has 13 heteroatoms. The van der Waals surface area contributed by atoms with Gasteiger partial charge < -0.3 is 10.1 Å². The molecule has 0 saturated carbocycles. The molecule has 1 saturated heterocycles. The zero-order valence-electron chi connectivity index (χ0n) is 16.4. The summed E-state index contributed by atoms with van der Waals surface area (Å²) in [6.45, 7) is 1.24. The SMILES string of the molecule is CN1CCCC(N(c2cnn(C)c2)S(=O)(=O)[NH+]([O-])C(=O)Nc2cc(Cl)cc(Cl)c2)C1. The number of nitrogens with one attached hydrogen (secondary N) is 2. The third-order valence-electron chi connectivity index (χ3n) is 4.68. The van der Waals surface area contributed by atoms with Crippen molar-refractivity contribution in [1.29, 1.82) is 0 Å². The number of urea groups is 1. The van der Waals surface area contributed by atoms with Gasteiger partial charge in [0.2, 0.25) is 0 Å². The summed E-state index contributed by atoms with van der Waals surface area (Å²) in [6, 6.07) is 2.36. The third-order valence-corrected chi connectivity index (χ3v) is 6.79. The molecule has 0 aliphatic carbocycles. The maximum absolute atomic E-state index is 13.2. The van der Waals surface area contributed by atoms with Gasteiger partial charge >= 0.3 is 16.2 Å².